The topological polar surface area (TPSA) is 105 Å². The zero-order valence-electron chi connectivity index (χ0n) is 11.7. The molecule has 8 nitrogen and oxygen atoms in total. The van der Waals surface area contributed by atoms with Crippen molar-refractivity contribution >= 4 is 21.8 Å². The van der Waals surface area contributed by atoms with E-state index >= 15 is 0 Å². The van der Waals surface area contributed by atoms with E-state index in [0.717, 1.165) is 10.8 Å². The Balaban J connectivity index is 3.49. The summed E-state index contributed by atoms with van der Waals surface area (Å²) in [6.45, 7) is 3.34. The molecular formula is C11H16N2O6S. The van der Waals surface area contributed by atoms with E-state index in [1.54, 1.807) is 13.8 Å². The Morgan fingerprint density at radius 2 is 1.65 bits per heavy atom. The highest BCUT2D eigenvalue weighted by Gasteiger charge is 2.30. The fourth-order valence-electron chi connectivity index (χ4n) is 1.58. The van der Waals surface area contributed by atoms with Gasteiger partial charge in [0, 0.05) is 13.3 Å². The Bertz CT molecular complexity index is 632. The number of imidazole rings is 1. The van der Waals surface area contributed by atoms with Crippen LogP contribution in [0.5, 0.6) is 0 Å². The van der Waals surface area contributed by atoms with Gasteiger partial charge in [0.25, 0.3) is 0 Å². The number of esters is 2. The van der Waals surface area contributed by atoms with Crippen molar-refractivity contribution in [1.29, 1.82) is 0 Å². The zero-order chi connectivity index (χ0) is 15.5. The highest BCUT2D eigenvalue weighted by atomic mass is 32.2. The van der Waals surface area contributed by atoms with Gasteiger partial charge in [-0.3, -0.25) is 0 Å². The fourth-order valence-corrected chi connectivity index (χ4v) is 2.43. The monoisotopic (exact) mass is 304 g/mol. The van der Waals surface area contributed by atoms with Crippen LogP contribution < -0.4 is 0 Å². The molecule has 1 rings (SSSR count). The lowest BCUT2D eigenvalue weighted by molar-refractivity contribution is 0.0468. The number of carbonyl (C=O) groups excluding carboxylic acids is 2. The van der Waals surface area contributed by atoms with Crippen LogP contribution in [0.1, 0.15) is 34.8 Å². The van der Waals surface area contributed by atoms with Crippen LogP contribution in [0.2, 0.25) is 0 Å². The molecule has 0 N–H and O–H groups in total. The highest BCUT2D eigenvalue weighted by molar-refractivity contribution is 7.90. The van der Waals surface area contributed by atoms with Crippen LogP contribution in [-0.2, 0) is 26.4 Å². The summed E-state index contributed by atoms with van der Waals surface area (Å²) in [7, 11) is -2.38. The van der Waals surface area contributed by atoms with Gasteiger partial charge in [-0.15, -0.1) is 0 Å². The van der Waals surface area contributed by atoms with E-state index in [0.29, 0.717) is 0 Å². The summed E-state index contributed by atoms with van der Waals surface area (Å²) in [4.78, 5) is 27.3. The molecule has 0 unspecified atom stereocenters. The van der Waals surface area contributed by atoms with Crippen molar-refractivity contribution < 1.29 is 27.5 Å². The van der Waals surface area contributed by atoms with Crippen molar-refractivity contribution in [3.05, 3.63) is 11.4 Å². The maximum absolute atomic E-state index is 11.8. The standard InChI is InChI=1S/C11H16N2O6S/c1-5-18-9(14)7-8(10(15)19-6-2)13(3)11(12-7)20(4,16)17/h5-6H2,1-4H3. The van der Waals surface area contributed by atoms with Gasteiger partial charge in [0.05, 0.1) is 13.2 Å². The molecule has 1 heterocycles. The number of carbonyl (C=O) groups is 2. The van der Waals surface area contributed by atoms with Crippen LogP contribution in [0, 0.1) is 0 Å². The van der Waals surface area contributed by atoms with E-state index in [-0.39, 0.29) is 24.6 Å². The van der Waals surface area contributed by atoms with Crippen molar-refractivity contribution in [2.24, 2.45) is 7.05 Å². The summed E-state index contributed by atoms with van der Waals surface area (Å²) in [5.41, 5.74) is -0.612. The SMILES string of the molecule is CCOC(=O)c1nc(S(C)(=O)=O)n(C)c1C(=O)OCC. The van der Waals surface area contributed by atoms with Gasteiger partial charge >= 0.3 is 11.9 Å². The number of nitrogens with zero attached hydrogens (tertiary/aromatic N) is 2. The number of sulfone groups is 1. The predicted octanol–water partition coefficient (Wildman–Crippen LogP) is 0.177. The Kier molecular flexibility index (Phi) is 4.88. The Morgan fingerprint density at radius 3 is 2.10 bits per heavy atom. The van der Waals surface area contributed by atoms with Crippen LogP contribution in [-0.4, -0.2) is 49.4 Å². The zero-order valence-corrected chi connectivity index (χ0v) is 12.5. The summed E-state index contributed by atoms with van der Waals surface area (Å²) in [6.07, 6.45) is 0.930. The van der Waals surface area contributed by atoms with Crippen molar-refractivity contribution in [3.8, 4) is 0 Å². The summed E-state index contributed by atoms with van der Waals surface area (Å²) >= 11 is 0. The molecule has 0 aliphatic rings. The average molecular weight is 304 g/mol. The minimum absolute atomic E-state index is 0.0753. The first-order chi connectivity index (χ1) is 9.23. The fraction of sp³-hybridized carbons (Fsp3) is 0.545. The largest absolute Gasteiger partial charge is 0.461 e. The summed E-state index contributed by atoms with van der Waals surface area (Å²) in [6, 6.07) is 0. The second-order valence-electron chi connectivity index (χ2n) is 3.86. The van der Waals surface area contributed by atoms with E-state index in [1.165, 1.54) is 7.05 Å². The summed E-state index contributed by atoms with van der Waals surface area (Å²) in [5, 5.41) is -0.399. The van der Waals surface area contributed by atoms with Gasteiger partial charge in [-0.2, -0.15) is 0 Å². The van der Waals surface area contributed by atoms with Gasteiger partial charge in [0.2, 0.25) is 15.0 Å². The van der Waals surface area contributed by atoms with Crippen LogP contribution in [0.15, 0.2) is 5.16 Å². The van der Waals surface area contributed by atoms with E-state index in [1.807, 2.05) is 0 Å². The molecule has 112 valence electrons. The van der Waals surface area contributed by atoms with E-state index in [9.17, 15) is 18.0 Å². The molecule has 0 saturated carbocycles. The first-order valence-corrected chi connectivity index (χ1v) is 7.74. The van der Waals surface area contributed by atoms with Crippen molar-refractivity contribution in [1.82, 2.24) is 9.55 Å². The molecule has 1 aromatic rings. The molecule has 0 aliphatic heterocycles. The van der Waals surface area contributed by atoms with Crippen LogP contribution in [0.25, 0.3) is 0 Å². The molecule has 0 aliphatic carbocycles. The number of ether oxygens (including phenoxy) is 2. The second-order valence-corrected chi connectivity index (χ2v) is 5.77. The third-order valence-electron chi connectivity index (χ3n) is 2.32. The first-order valence-electron chi connectivity index (χ1n) is 5.85. The molecule has 0 bridgehead atoms. The Morgan fingerprint density at radius 1 is 1.15 bits per heavy atom. The van der Waals surface area contributed by atoms with E-state index in [2.05, 4.69) is 4.98 Å². The van der Waals surface area contributed by atoms with Gasteiger partial charge in [-0.05, 0) is 13.8 Å². The maximum Gasteiger partial charge on any atom is 0.359 e. The third-order valence-corrected chi connectivity index (χ3v) is 3.35. The lowest BCUT2D eigenvalue weighted by atomic mass is 10.3. The third kappa shape index (κ3) is 3.16. The molecule has 0 saturated heterocycles. The molecule has 0 radical (unpaired) electrons. The lowest BCUT2D eigenvalue weighted by Gasteiger charge is -2.05. The average Bonchev–Trinajstić information content (AvgIpc) is 2.67. The molecule has 0 fully saturated rings. The van der Waals surface area contributed by atoms with Gasteiger partial charge in [-0.25, -0.2) is 23.0 Å². The van der Waals surface area contributed by atoms with Gasteiger partial charge in [-0.1, -0.05) is 0 Å². The van der Waals surface area contributed by atoms with E-state index in [4.69, 9.17) is 9.47 Å². The van der Waals surface area contributed by atoms with Crippen LogP contribution >= 0.6 is 0 Å². The number of rotatable bonds is 5. The molecule has 0 amide bonds. The first kappa shape index (κ1) is 16.2. The maximum atomic E-state index is 11.8. The van der Waals surface area contributed by atoms with Gasteiger partial charge < -0.3 is 14.0 Å². The molecular weight excluding hydrogens is 288 g/mol. The second kappa shape index (κ2) is 6.04. The van der Waals surface area contributed by atoms with Crippen molar-refractivity contribution in [3.63, 3.8) is 0 Å². The predicted molar refractivity (Wildman–Crippen MR) is 68.2 cm³/mol. The Hall–Kier alpha value is -1.90. The molecule has 0 atom stereocenters. The smallest absolute Gasteiger partial charge is 0.359 e. The number of hydrogen-bond acceptors (Lipinski definition) is 7. The van der Waals surface area contributed by atoms with Crippen LogP contribution in [0.4, 0.5) is 0 Å². The van der Waals surface area contributed by atoms with Gasteiger partial charge in [0.1, 0.15) is 0 Å². The normalized spacial score (nSPS) is 11.2. The lowest BCUT2D eigenvalue weighted by Crippen LogP contribution is -2.17. The van der Waals surface area contributed by atoms with E-state index < -0.39 is 26.9 Å². The van der Waals surface area contributed by atoms with Gasteiger partial charge in [0.15, 0.2) is 11.4 Å². The highest BCUT2D eigenvalue weighted by Crippen LogP contribution is 2.17. The Labute approximate surface area is 116 Å². The minimum atomic E-state index is -3.70. The molecule has 0 spiro atoms. The summed E-state index contributed by atoms with van der Waals surface area (Å²) in [5.74, 6) is -1.71. The van der Waals surface area contributed by atoms with Crippen LogP contribution in [0.3, 0.4) is 0 Å². The van der Waals surface area contributed by atoms with Crippen molar-refractivity contribution in [2.75, 3.05) is 19.5 Å². The quantitative estimate of drug-likeness (QED) is 0.714. The van der Waals surface area contributed by atoms with Crippen molar-refractivity contribution in [2.45, 2.75) is 19.0 Å². The molecule has 1 aromatic heterocycles. The number of aromatic nitrogens is 2. The molecule has 20 heavy (non-hydrogen) atoms. The molecule has 9 heteroatoms. The summed E-state index contributed by atoms with van der Waals surface area (Å²) < 4.78 is 33.8. The molecule has 0 aromatic carbocycles. The number of hydrogen-bond donors (Lipinski definition) is 0. The minimum Gasteiger partial charge on any atom is -0.461 e.